The van der Waals surface area contributed by atoms with Crippen LogP contribution in [0.4, 0.5) is 5.69 Å². The molecule has 1 amide bonds. The number of aryl methyl sites for hydroxylation is 1. The first kappa shape index (κ1) is 18.9. The molecule has 25 heavy (non-hydrogen) atoms. The van der Waals surface area contributed by atoms with E-state index in [1.807, 2.05) is 6.92 Å². The zero-order valence-electron chi connectivity index (χ0n) is 13.4. The third-order valence-electron chi connectivity index (χ3n) is 3.15. The van der Waals surface area contributed by atoms with Crippen LogP contribution in [0.15, 0.2) is 46.3 Å². The molecule has 1 aromatic heterocycles. The van der Waals surface area contributed by atoms with Gasteiger partial charge in [-0.05, 0) is 43.3 Å². The van der Waals surface area contributed by atoms with Crippen LogP contribution in [0.3, 0.4) is 0 Å². The number of benzene rings is 1. The fourth-order valence-electron chi connectivity index (χ4n) is 1.92. The molecule has 0 aliphatic carbocycles. The van der Waals surface area contributed by atoms with Gasteiger partial charge in [0, 0.05) is 23.6 Å². The van der Waals surface area contributed by atoms with E-state index in [1.165, 1.54) is 36.0 Å². The molecular weight excluding hydrogens is 360 g/mol. The third kappa shape index (κ3) is 5.56. The summed E-state index contributed by atoms with van der Waals surface area (Å²) in [7, 11) is -3.75. The van der Waals surface area contributed by atoms with Crippen molar-refractivity contribution in [3.63, 3.8) is 0 Å². The Hall–Kier alpha value is -2.41. The van der Waals surface area contributed by atoms with Crippen LogP contribution in [0.1, 0.15) is 17.7 Å². The number of carbonyl (C=O) groups is 1. The number of pyridine rings is 1. The standard InChI is InChI=1S/C16H16N4O3S2/c1-11-2-3-12(10-17)16(19-11)24-9-8-15(21)20-13-4-6-14(7-5-13)25(18,22)23/h2-7H,8-9H2,1H3,(H,20,21)(H2,18,22,23). The van der Waals surface area contributed by atoms with Gasteiger partial charge >= 0.3 is 0 Å². The second-order valence-electron chi connectivity index (χ2n) is 5.13. The Morgan fingerprint density at radius 2 is 1.96 bits per heavy atom. The average Bonchev–Trinajstić information content (AvgIpc) is 2.55. The number of aromatic nitrogens is 1. The first-order valence-electron chi connectivity index (χ1n) is 7.23. The molecule has 130 valence electrons. The maximum atomic E-state index is 12.0. The number of primary sulfonamides is 1. The van der Waals surface area contributed by atoms with Crippen LogP contribution in [0.25, 0.3) is 0 Å². The molecule has 0 saturated heterocycles. The Morgan fingerprint density at radius 1 is 1.28 bits per heavy atom. The highest BCUT2D eigenvalue weighted by Gasteiger charge is 2.09. The predicted molar refractivity (Wildman–Crippen MR) is 95.5 cm³/mol. The van der Waals surface area contributed by atoms with Crippen LogP contribution in [-0.4, -0.2) is 25.1 Å². The van der Waals surface area contributed by atoms with E-state index in [0.29, 0.717) is 22.0 Å². The number of nitrogens with two attached hydrogens (primary N) is 1. The molecule has 0 aliphatic heterocycles. The molecule has 0 bridgehead atoms. The van der Waals surface area contributed by atoms with Crippen molar-refractivity contribution in [2.75, 3.05) is 11.1 Å². The van der Waals surface area contributed by atoms with E-state index in [9.17, 15) is 13.2 Å². The highest BCUT2D eigenvalue weighted by atomic mass is 32.2. The lowest BCUT2D eigenvalue weighted by molar-refractivity contribution is -0.115. The van der Waals surface area contributed by atoms with Crippen molar-refractivity contribution in [1.29, 1.82) is 5.26 Å². The summed E-state index contributed by atoms with van der Waals surface area (Å²) in [5.74, 6) is 0.244. The third-order valence-corrected chi connectivity index (χ3v) is 5.08. The quantitative estimate of drug-likeness (QED) is 0.743. The fourth-order valence-corrected chi connectivity index (χ4v) is 3.39. The summed E-state index contributed by atoms with van der Waals surface area (Å²) in [5.41, 5.74) is 1.77. The minimum atomic E-state index is -3.75. The topological polar surface area (TPSA) is 126 Å². The monoisotopic (exact) mass is 376 g/mol. The molecule has 2 aromatic rings. The largest absolute Gasteiger partial charge is 0.326 e. The number of hydrogen-bond donors (Lipinski definition) is 2. The van der Waals surface area contributed by atoms with E-state index in [2.05, 4.69) is 16.4 Å². The van der Waals surface area contributed by atoms with E-state index < -0.39 is 10.0 Å². The van der Waals surface area contributed by atoms with E-state index in [-0.39, 0.29) is 17.2 Å². The molecular formula is C16H16N4O3S2. The van der Waals surface area contributed by atoms with Crippen LogP contribution in [-0.2, 0) is 14.8 Å². The second-order valence-corrected chi connectivity index (χ2v) is 7.78. The smallest absolute Gasteiger partial charge is 0.238 e. The van der Waals surface area contributed by atoms with Gasteiger partial charge in [-0.25, -0.2) is 18.5 Å². The van der Waals surface area contributed by atoms with Crippen molar-refractivity contribution >= 4 is 33.4 Å². The molecule has 0 unspecified atom stereocenters. The van der Waals surface area contributed by atoms with Crippen LogP contribution in [0.2, 0.25) is 0 Å². The molecule has 9 heteroatoms. The number of hydrogen-bond acceptors (Lipinski definition) is 6. The maximum Gasteiger partial charge on any atom is 0.238 e. The number of carbonyl (C=O) groups excluding carboxylic acids is 1. The zero-order chi connectivity index (χ0) is 18.4. The summed E-state index contributed by atoms with van der Waals surface area (Å²) in [6, 6.07) is 11.1. The number of thioether (sulfide) groups is 1. The molecule has 2 rings (SSSR count). The number of nitriles is 1. The van der Waals surface area contributed by atoms with Gasteiger partial charge in [0.2, 0.25) is 15.9 Å². The number of nitrogens with one attached hydrogen (secondary N) is 1. The summed E-state index contributed by atoms with van der Waals surface area (Å²) in [5, 5.41) is 17.4. The van der Waals surface area contributed by atoms with E-state index in [1.54, 1.807) is 12.1 Å². The Balaban J connectivity index is 1.89. The van der Waals surface area contributed by atoms with E-state index in [0.717, 1.165) is 5.69 Å². The van der Waals surface area contributed by atoms with Gasteiger partial charge in [-0.3, -0.25) is 4.79 Å². The molecule has 0 fully saturated rings. The van der Waals surface area contributed by atoms with Gasteiger partial charge in [0.15, 0.2) is 0 Å². The number of amides is 1. The summed E-state index contributed by atoms with van der Waals surface area (Å²) < 4.78 is 22.4. The van der Waals surface area contributed by atoms with Crippen LogP contribution in [0.5, 0.6) is 0 Å². The molecule has 0 aliphatic rings. The lowest BCUT2D eigenvalue weighted by atomic mass is 10.3. The lowest BCUT2D eigenvalue weighted by Gasteiger charge is -2.07. The van der Waals surface area contributed by atoms with Crippen molar-refractivity contribution in [3.8, 4) is 6.07 Å². The number of anilines is 1. The Bertz CT molecular complexity index is 919. The molecule has 0 saturated carbocycles. The molecule has 1 aromatic carbocycles. The molecule has 0 spiro atoms. The summed E-state index contributed by atoms with van der Waals surface area (Å²) >= 11 is 1.34. The van der Waals surface area contributed by atoms with Gasteiger partial charge in [0.05, 0.1) is 10.5 Å². The van der Waals surface area contributed by atoms with Gasteiger partial charge in [0.25, 0.3) is 0 Å². The highest BCUT2D eigenvalue weighted by Crippen LogP contribution is 2.21. The van der Waals surface area contributed by atoms with Crippen molar-refractivity contribution in [2.45, 2.75) is 23.3 Å². The minimum Gasteiger partial charge on any atom is -0.326 e. The molecule has 3 N–H and O–H groups in total. The van der Waals surface area contributed by atoms with Crippen LogP contribution in [0, 0.1) is 18.3 Å². The summed E-state index contributed by atoms with van der Waals surface area (Å²) in [4.78, 5) is 16.2. The predicted octanol–water partition coefficient (Wildman–Crippen LogP) is 2.03. The van der Waals surface area contributed by atoms with Gasteiger partial charge in [0.1, 0.15) is 11.1 Å². The highest BCUT2D eigenvalue weighted by molar-refractivity contribution is 7.99. The van der Waals surface area contributed by atoms with Crippen LogP contribution < -0.4 is 10.5 Å². The second kappa shape index (κ2) is 8.11. The van der Waals surface area contributed by atoms with Gasteiger partial charge in [-0.2, -0.15) is 5.26 Å². The lowest BCUT2D eigenvalue weighted by Crippen LogP contribution is -2.14. The molecule has 7 nitrogen and oxygen atoms in total. The Morgan fingerprint density at radius 3 is 2.56 bits per heavy atom. The first-order chi connectivity index (χ1) is 11.8. The first-order valence-corrected chi connectivity index (χ1v) is 9.76. The number of nitrogens with zero attached hydrogens (tertiary/aromatic N) is 2. The normalized spacial score (nSPS) is 10.9. The summed E-state index contributed by atoms with van der Waals surface area (Å²) in [6.45, 7) is 1.84. The van der Waals surface area contributed by atoms with Gasteiger partial charge in [-0.15, -0.1) is 11.8 Å². The van der Waals surface area contributed by atoms with Crippen molar-refractivity contribution < 1.29 is 13.2 Å². The Labute approximate surface area is 150 Å². The Kier molecular flexibility index (Phi) is 6.14. The van der Waals surface area contributed by atoms with Gasteiger partial charge < -0.3 is 5.32 Å². The van der Waals surface area contributed by atoms with Crippen molar-refractivity contribution in [1.82, 2.24) is 4.98 Å². The van der Waals surface area contributed by atoms with E-state index >= 15 is 0 Å². The maximum absolute atomic E-state index is 12.0. The molecule has 0 radical (unpaired) electrons. The zero-order valence-corrected chi connectivity index (χ0v) is 15.0. The van der Waals surface area contributed by atoms with Crippen LogP contribution >= 0.6 is 11.8 Å². The minimum absolute atomic E-state index is 0.0180. The van der Waals surface area contributed by atoms with Crippen molar-refractivity contribution in [3.05, 3.63) is 47.7 Å². The van der Waals surface area contributed by atoms with E-state index in [4.69, 9.17) is 10.4 Å². The SMILES string of the molecule is Cc1ccc(C#N)c(SCCC(=O)Nc2ccc(S(N)(=O)=O)cc2)n1. The summed E-state index contributed by atoms with van der Waals surface area (Å²) in [6.07, 6.45) is 0.224. The van der Waals surface area contributed by atoms with Gasteiger partial charge in [-0.1, -0.05) is 0 Å². The average molecular weight is 376 g/mol. The fraction of sp³-hybridized carbons (Fsp3) is 0.188. The number of rotatable bonds is 6. The molecule has 0 atom stereocenters. The number of sulfonamides is 1. The molecule has 1 heterocycles. The van der Waals surface area contributed by atoms with Crippen molar-refractivity contribution in [2.24, 2.45) is 5.14 Å².